The summed E-state index contributed by atoms with van der Waals surface area (Å²) in [5.41, 5.74) is 0.584. The molecule has 1 saturated heterocycles. The van der Waals surface area contributed by atoms with E-state index < -0.39 is 0 Å². The van der Waals surface area contributed by atoms with Crippen LogP contribution in [-0.4, -0.2) is 53.2 Å². The zero-order valence-corrected chi connectivity index (χ0v) is 13.7. The van der Waals surface area contributed by atoms with Gasteiger partial charge in [0.05, 0.1) is 6.54 Å². The Balaban J connectivity index is 1.55. The molecule has 5 nitrogen and oxygen atoms in total. The van der Waals surface area contributed by atoms with E-state index in [1.165, 1.54) is 25.5 Å². The number of benzene rings is 1. The van der Waals surface area contributed by atoms with E-state index in [0.29, 0.717) is 36.3 Å². The SMILES string of the molecule is CN(Cc1nc(Cc2ccccc2F)no1)C[C@@H]1CCCN1C. The van der Waals surface area contributed by atoms with Gasteiger partial charge in [-0.3, -0.25) is 4.90 Å². The van der Waals surface area contributed by atoms with Gasteiger partial charge in [-0.2, -0.15) is 4.98 Å². The predicted octanol–water partition coefficient (Wildman–Crippen LogP) is 2.33. The van der Waals surface area contributed by atoms with Crippen molar-refractivity contribution >= 4 is 0 Å². The van der Waals surface area contributed by atoms with Crippen molar-refractivity contribution in [2.75, 3.05) is 27.2 Å². The Hall–Kier alpha value is -1.79. The molecule has 23 heavy (non-hydrogen) atoms. The Bertz CT molecular complexity index is 645. The molecule has 6 heteroatoms. The Labute approximate surface area is 136 Å². The van der Waals surface area contributed by atoms with Crippen molar-refractivity contribution in [2.24, 2.45) is 0 Å². The second kappa shape index (κ2) is 7.19. The Kier molecular flexibility index (Phi) is 5.03. The molecule has 2 heterocycles. The molecule has 124 valence electrons. The molecule has 0 unspecified atom stereocenters. The van der Waals surface area contributed by atoms with Crippen LogP contribution in [-0.2, 0) is 13.0 Å². The topological polar surface area (TPSA) is 45.4 Å². The number of hydrogen-bond acceptors (Lipinski definition) is 5. The highest BCUT2D eigenvalue weighted by molar-refractivity contribution is 5.20. The van der Waals surface area contributed by atoms with Crippen LogP contribution in [0.4, 0.5) is 4.39 Å². The Morgan fingerprint density at radius 3 is 2.96 bits per heavy atom. The monoisotopic (exact) mass is 318 g/mol. The van der Waals surface area contributed by atoms with Crippen LogP contribution >= 0.6 is 0 Å². The molecule has 3 rings (SSSR count). The van der Waals surface area contributed by atoms with Crippen LogP contribution in [0, 0.1) is 5.82 Å². The van der Waals surface area contributed by atoms with E-state index in [0.717, 1.165) is 6.54 Å². The standard InChI is InChI=1S/C17H23FN4O/c1-21(11-14-7-5-9-22(14)2)12-17-19-16(20-23-17)10-13-6-3-4-8-15(13)18/h3-4,6,8,14H,5,7,9-12H2,1-2H3/t14-/m0/s1. The highest BCUT2D eigenvalue weighted by Gasteiger charge is 2.22. The van der Waals surface area contributed by atoms with Gasteiger partial charge < -0.3 is 9.42 Å². The van der Waals surface area contributed by atoms with E-state index in [1.807, 2.05) is 6.07 Å². The molecule has 0 saturated carbocycles. The molecule has 0 amide bonds. The summed E-state index contributed by atoms with van der Waals surface area (Å²) in [6.07, 6.45) is 2.86. The normalized spacial score (nSPS) is 18.9. The maximum atomic E-state index is 13.7. The van der Waals surface area contributed by atoms with Gasteiger partial charge in [0.2, 0.25) is 5.89 Å². The lowest BCUT2D eigenvalue weighted by atomic mass is 10.1. The van der Waals surface area contributed by atoms with E-state index in [2.05, 4.69) is 34.0 Å². The van der Waals surface area contributed by atoms with Gasteiger partial charge in [-0.05, 0) is 45.1 Å². The average molecular weight is 318 g/mol. The molecule has 1 aromatic heterocycles. The van der Waals surface area contributed by atoms with Gasteiger partial charge in [-0.15, -0.1) is 0 Å². The second-order valence-electron chi connectivity index (χ2n) is 6.35. The summed E-state index contributed by atoms with van der Waals surface area (Å²) in [5.74, 6) is 0.871. The first kappa shape index (κ1) is 16.1. The van der Waals surface area contributed by atoms with Gasteiger partial charge in [0.15, 0.2) is 5.82 Å². The number of nitrogens with zero attached hydrogens (tertiary/aromatic N) is 4. The summed E-state index contributed by atoms with van der Waals surface area (Å²) in [7, 11) is 4.23. The molecule has 1 atom stereocenters. The minimum absolute atomic E-state index is 0.236. The predicted molar refractivity (Wildman–Crippen MR) is 85.5 cm³/mol. The molecule has 0 radical (unpaired) electrons. The maximum absolute atomic E-state index is 13.7. The van der Waals surface area contributed by atoms with Gasteiger partial charge in [0.1, 0.15) is 5.82 Å². The van der Waals surface area contributed by atoms with Crippen molar-refractivity contribution in [3.05, 3.63) is 47.4 Å². The molecule has 1 aromatic carbocycles. The van der Waals surface area contributed by atoms with Crippen molar-refractivity contribution in [2.45, 2.75) is 31.8 Å². The summed E-state index contributed by atoms with van der Waals surface area (Å²) in [5, 5.41) is 3.96. The van der Waals surface area contributed by atoms with E-state index in [4.69, 9.17) is 4.52 Å². The summed E-state index contributed by atoms with van der Waals surface area (Å²) >= 11 is 0. The van der Waals surface area contributed by atoms with Crippen LogP contribution < -0.4 is 0 Å². The van der Waals surface area contributed by atoms with Crippen molar-refractivity contribution in [1.29, 1.82) is 0 Å². The molecule has 0 N–H and O–H groups in total. The number of aromatic nitrogens is 2. The highest BCUT2D eigenvalue weighted by atomic mass is 19.1. The lowest BCUT2D eigenvalue weighted by molar-refractivity contribution is 0.198. The van der Waals surface area contributed by atoms with Crippen molar-refractivity contribution in [3.63, 3.8) is 0 Å². The third-order valence-electron chi connectivity index (χ3n) is 4.42. The molecule has 2 aromatic rings. The second-order valence-corrected chi connectivity index (χ2v) is 6.35. The zero-order chi connectivity index (χ0) is 16.2. The van der Waals surface area contributed by atoms with Crippen LogP contribution in [0.15, 0.2) is 28.8 Å². The third-order valence-corrected chi connectivity index (χ3v) is 4.42. The molecule has 1 aliphatic rings. The lowest BCUT2D eigenvalue weighted by Crippen LogP contribution is -2.36. The number of likely N-dealkylation sites (tertiary alicyclic amines) is 1. The summed E-state index contributed by atoms with van der Waals surface area (Å²) in [6.45, 7) is 2.78. The molecule has 1 aliphatic heterocycles. The highest BCUT2D eigenvalue weighted by Crippen LogP contribution is 2.16. The Morgan fingerprint density at radius 2 is 2.22 bits per heavy atom. The molecule has 1 fully saturated rings. The van der Waals surface area contributed by atoms with Crippen LogP contribution in [0.25, 0.3) is 0 Å². The van der Waals surface area contributed by atoms with Crippen LogP contribution in [0.1, 0.15) is 30.1 Å². The van der Waals surface area contributed by atoms with Gasteiger partial charge in [-0.1, -0.05) is 23.4 Å². The fraction of sp³-hybridized carbons (Fsp3) is 0.529. The van der Waals surface area contributed by atoms with Crippen molar-refractivity contribution < 1.29 is 8.91 Å². The van der Waals surface area contributed by atoms with Crippen LogP contribution in [0.5, 0.6) is 0 Å². The van der Waals surface area contributed by atoms with E-state index in [-0.39, 0.29) is 5.82 Å². The molecule has 0 bridgehead atoms. The first-order valence-corrected chi connectivity index (χ1v) is 8.05. The fourth-order valence-corrected chi connectivity index (χ4v) is 3.10. The summed E-state index contributed by atoms with van der Waals surface area (Å²) < 4.78 is 19.0. The van der Waals surface area contributed by atoms with E-state index >= 15 is 0 Å². The number of halogens is 1. The summed E-state index contributed by atoms with van der Waals surface area (Å²) in [4.78, 5) is 8.98. The van der Waals surface area contributed by atoms with Gasteiger partial charge in [-0.25, -0.2) is 4.39 Å². The van der Waals surface area contributed by atoms with Gasteiger partial charge in [0.25, 0.3) is 0 Å². The third kappa shape index (κ3) is 4.14. The van der Waals surface area contributed by atoms with Gasteiger partial charge >= 0.3 is 0 Å². The van der Waals surface area contributed by atoms with E-state index in [1.54, 1.807) is 12.1 Å². The zero-order valence-electron chi connectivity index (χ0n) is 13.7. The molecular formula is C17H23FN4O. The van der Waals surface area contributed by atoms with Crippen LogP contribution in [0.2, 0.25) is 0 Å². The van der Waals surface area contributed by atoms with Crippen molar-refractivity contribution in [3.8, 4) is 0 Å². The minimum Gasteiger partial charge on any atom is -0.338 e. The lowest BCUT2D eigenvalue weighted by Gasteiger charge is -2.24. The van der Waals surface area contributed by atoms with Crippen LogP contribution in [0.3, 0.4) is 0 Å². The first-order chi connectivity index (χ1) is 11.1. The quantitative estimate of drug-likeness (QED) is 0.818. The van der Waals surface area contributed by atoms with Crippen molar-refractivity contribution in [1.82, 2.24) is 19.9 Å². The largest absolute Gasteiger partial charge is 0.338 e. The Morgan fingerprint density at radius 1 is 1.39 bits per heavy atom. The fourth-order valence-electron chi connectivity index (χ4n) is 3.10. The number of rotatable bonds is 6. The first-order valence-electron chi connectivity index (χ1n) is 8.05. The maximum Gasteiger partial charge on any atom is 0.240 e. The molecule has 0 spiro atoms. The average Bonchev–Trinajstić information content (AvgIpc) is 3.11. The number of likely N-dealkylation sites (N-methyl/N-ethyl adjacent to an activating group) is 2. The van der Waals surface area contributed by atoms with E-state index in [9.17, 15) is 4.39 Å². The van der Waals surface area contributed by atoms with Gasteiger partial charge in [0, 0.05) is 19.0 Å². The smallest absolute Gasteiger partial charge is 0.240 e. The molecular weight excluding hydrogens is 295 g/mol. The molecule has 0 aliphatic carbocycles. The number of hydrogen-bond donors (Lipinski definition) is 0. The minimum atomic E-state index is -0.236. The summed E-state index contributed by atoms with van der Waals surface area (Å²) in [6, 6.07) is 7.27.